The number of esters is 1. The second-order valence-corrected chi connectivity index (χ2v) is 6.49. The summed E-state index contributed by atoms with van der Waals surface area (Å²) >= 11 is 0. The molecule has 0 spiro atoms. The third kappa shape index (κ3) is 16.3. The highest BCUT2D eigenvalue weighted by atomic mass is 19.1. The molecule has 1 aromatic carbocycles. The molecular formula is C22H34FNO9. The van der Waals surface area contributed by atoms with Gasteiger partial charge in [-0.25, -0.2) is 4.39 Å². The van der Waals surface area contributed by atoms with E-state index in [1.54, 1.807) is 0 Å². The van der Waals surface area contributed by atoms with Gasteiger partial charge >= 0.3 is 5.97 Å². The number of benzene rings is 1. The SMILES string of the molecule is NCCOCCOCCOCCOCCOCCOCCC(=O)Oc1ccc(C=O)cc1F. The summed E-state index contributed by atoms with van der Waals surface area (Å²) in [6, 6.07) is 3.60. The predicted octanol–water partition coefficient (Wildman–Crippen LogP) is 0.992. The number of nitrogens with two attached hydrogens (primary N) is 1. The van der Waals surface area contributed by atoms with E-state index in [9.17, 15) is 14.0 Å². The van der Waals surface area contributed by atoms with Gasteiger partial charge in [0, 0.05) is 12.1 Å². The Hall–Kier alpha value is -1.99. The van der Waals surface area contributed by atoms with Crippen LogP contribution in [0.1, 0.15) is 16.8 Å². The summed E-state index contributed by atoms with van der Waals surface area (Å²) in [5.74, 6) is -1.63. The van der Waals surface area contributed by atoms with E-state index in [1.807, 2.05) is 0 Å². The lowest BCUT2D eigenvalue weighted by molar-refractivity contribution is -0.135. The first-order valence-electron chi connectivity index (χ1n) is 10.8. The van der Waals surface area contributed by atoms with Gasteiger partial charge in [-0.1, -0.05) is 0 Å². The molecule has 188 valence electrons. The van der Waals surface area contributed by atoms with Crippen LogP contribution in [-0.2, 0) is 33.2 Å². The lowest BCUT2D eigenvalue weighted by Crippen LogP contribution is -2.15. The molecule has 1 rings (SSSR count). The fourth-order valence-corrected chi connectivity index (χ4v) is 2.29. The molecule has 0 saturated carbocycles. The van der Waals surface area contributed by atoms with E-state index >= 15 is 0 Å². The topological polar surface area (TPSA) is 125 Å². The fraction of sp³-hybridized carbons (Fsp3) is 0.636. The molecule has 0 fully saturated rings. The Bertz CT molecular complexity index is 648. The van der Waals surface area contributed by atoms with Crippen molar-refractivity contribution in [1.29, 1.82) is 0 Å². The first kappa shape index (κ1) is 29.0. The number of carbonyl (C=O) groups excluding carboxylic acids is 2. The normalized spacial score (nSPS) is 11.0. The second-order valence-electron chi connectivity index (χ2n) is 6.49. The molecule has 0 unspecified atom stereocenters. The van der Waals surface area contributed by atoms with Gasteiger partial charge in [-0.2, -0.15) is 0 Å². The van der Waals surface area contributed by atoms with Gasteiger partial charge in [-0.05, 0) is 18.2 Å². The maximum Gasteiger partial charge on any atom is 0.313 e. The van der Waals surface area contributed by atoms with E-state index in [0.717, 1.165) is 6.07 Å². The van der Waals surface area contributed by atoms with Crippen LogP contribution >= 0.6 is 0 Å². The quantitative estimate of drug-likeness (QED) is 0.112. The molecule has 2 N–H and O–H groups in total. The van der Waals surface area contributed by atoms with Crippen LogP contribution in [0.5, 0.6) is 5.75 Å². The summed E-state index contributed by atoms with van der Waals surface area (Å²) < 4.78 is 50.4. The maximum atomic E-state index is 13.7. The third-order valence-electron chi connectivity index (χ3n) is 3.89. The second kappa shape index (κ2) is 20.6. The van der Waals surface area contributed by atoms with E-state index in [-0.39, 0.29) is 24.3 Å². The summed E-state index contributed by atoms with van der Waals surface area (Å²) in [4.78, 5) is 22.3. The highest BCUT2D eigenvalue weighted by molar-refractivity contribution is 5.76. The van der Waals surface area contributed by atoms with Gasteiger partial charge in [0.05, 0.1) is 85.7 Å². The molecule has 0 aliphatic carbocycles. The van der Waals surface area contributed by atoms with Crippen LogP contribution < -0.4 is 10.5 Å². The zero-order valence-corrected chi connectivity index (χ0v) is 18.8. The number of ether oxygens (including phenoxy) is 7. The molecule has 0 aromatic heterocycles. The smallest absolute Gasteiger partial charge is 0.313 e. The zero-order valence-electron chi connectivity index (χ0n) is 18.8. The summed E-state index contributed by atoms with van der Waals surface area (Å²) in [6.45, 7) is 5.61. The lowest BCUT2D eigenvalue weighted by Gasteiger charge is -2.08. The largest absolute Gasteiger partial charge is 0.423 e. The summed E-state index contributed by atoms with van der Waals surface area (Å²) in [5, 5.41) is 0. The van der Waals surface area contributed by atoms with Crippen molar-refractivity contribution in [3.05, 3.63) is 29.6 Å². The first-order valence-corrected chi connectivity index (χ1v) is 10.8. The van der Waals surface area contributed by atoms with Crippen molar-refractivity contribution < 1.29 is 47.1 Å². The number of aldehydes is 1. The van der Waals surface area contributed by atoms with E-state index in [1.165, 1.54) is 12.1 Å². The standard InChI is InChI=1S/C22H34FNO9/c23-20-17-19(18-25)1-2-21(20)33-22(26)3-5-27-7-9-29-11-13-31-15-16-32-14-12-30-10-8-28-6-4-24/h1-2,17-18H,3-16,24H2. The number of hydrogen-bond donors (Lipinski definition) is 1. The maximum absolute atomic E-state index is 13.7. The van der Waals surface area contributed by atoms with Gasteiger partial charge in [-0.3, -0.25) is 9.59 Å². The molecule has 0 radical (unpaired) electrons. The van der Waals surface area contributed by atoms with Crippen molar-refractivity contribution in [2.75, 3.05) is 85.8 Å². The van der Waals surface area contributed by atoms with Gasteiger partial charge in [0.2, 0.25) is 0 Å². The van der Waals surface area contributed by atoms with Gasteiger partial charge in [0.1, 0.15) is 6.29 Å². The van der Waals surface area contributed by atoms with Crippen molar-refractivity contribution in [2.45, 2.75) is 6.42 Å². The van der Waals surface area contributed by atoms with Crippen molar-refractivity contribution in [1.82, 2.24) is 0 Å². The Balaban J connectivity index is 1.82. The molecule has 0 heterocycles. The number of halogens is 1. The lowest BCUT2D eigenvalue weighted by atomic mass is 10.2. The van der Waals surface area contributed by atoms with Crippen LogP contribution in [0.25, 0.3) is 0 Å². The summed E-state index contributed by atoms with van der Waals surface area (Å²) in [6.07, 6.45) is 0.471. The van der Waals surface area contributed by atoms with E-state index in [2.05, 4.69) is 0 Å². The molecule has 11 heteroatoms. The molecular weight excluding hydrogens is 441 g/mol. The van der Waals surface area contributed by atoms with Crippen molar-refractivity contribution in [3.8, 4) is 5.75 Å². The number of hydrogen-bond acceptors (Lipinski definition) is 10. The van der Waals surface area contributed by atoms with E-state index in [4.69, 9.17) is 38.9 Å². The Labute approximate surface area is 193 Å². The van der Waals surface area contributed by atoms with Crippen LogP contribution in [0, 0.1) is 5.82 Å². The van der Waals surface area contributed by atoms with Gasteiger partial charge in [-0.15, -0.1) is 0 Å². The monoisotopic (exact) mass is 475 g/mol. The Morgan fingerprint density at radius 1 is 0.758 bits per heavy atom. The van der Waals surface area contributed by atoms with Gasteiger partial charge < -0.3 is 38.9 Å². The number of rotatable bonds is 22. The minimum Gasteiger partial charge on any atom is -0.423 e. The number of carbonyl (C=O) groups is 2. The molecule has 33 heavy (non-hydrogen) atoms. The minimum atomic E-state index is -0.773. The molecule has 10 nitrogen and oxygen atoms in total. The van der Waals surface area contributed by atoms with E-state index < -0.39 is 11.8 Å². The Morgan fingerprint density at radius 2 is 1.21 bits per heavy atom. The van der Waals surface area contributed by atoms with Crippen molar-refractivity contribution in [2.24, 2.45) is 5.73 Å². The average molecular weight is 476 g/mol. The van der Waals surface area contributed by atoms with Crippen molar-refractivity contribution in [3.63, 3.8) is 0 Å². The van der Waals surface area contributed by atoms with E-state index in [0.29, 0.717) is 85.5 Å². The van der Waals surface area contributed by atoms with Crippen molar-refractivity contribution >= 4 is 12.3 Å². The van der Waals surface area contributed by atoms with Gasteiger partial charge in [0.25, 0.3) is 0 Å². The average Bonchev–Trinajstić information content (AvgIpc) is 2.81. The summed E-state index contributed by atoms with van der Waals surface area (Å²) in [5.41, 5.74) is 5.46. The predicted molar refractivity (Wildman–Crippen MR) is 116 cm³/mol. The molecule has 0 aliphatic heterocycles. The highest BCUT2D eigenvalue weighted by Gasteiger charge is 2.10. The van der Waals surface area contributed by atoms with Crippen LogP contribution in [0.15, 0.2) is 18.2 Å². The molecule has 1 aromatic rings. The van der Waals surface area contributed by atoms with Crippen LogP contribution in [0.3, 0.4) is 0 Å². The molecule has 0 saturated heterocycles. The third-order valence-corrected chi connectivity index (χ3v) is 3.89. The Kier molecular flexibility index (Phi) is 18.1. The molecule has 0 aliphatic rings. The zero-order chi connectivity index (χ0) is 24.0. The van der Waals surface area contributed by atoms with Crippen LogP contribution in [-0.4, -0.2) is 98.1 Å². The summed E-state index contributed by atoms with van der Waals surface area (Å²) in [7, 11) is 0. The van der Waals surface area contributed by atoms with Crippen LogP contribution in [0.2, 0.25) is 0 Å². The molecule has 0 atom stereocenters. The molecule has 0 bridgehead atoms. The molecule has 0 amide bonds. The highest BCUT2D eigenvalue weighted by Crippen LogP contribution is 2.18. The Morgan fingerprint density at radius 3 is 1.64 bits per heavy atom. The first-order chi connectivity index (χ1) is 16.2. The van der Waals surface area contributed by atoms with Gasteiger partial charge in [0.15, 0.2) is 11.6 Å². The minimum absolute atomic E-state index is 0.0366. The van der Waals surface area contributed by atoms with Crippen LogP contribution in [0.4, 0.5) is 4.39 Å². The fourth-order valence-electron chi connectivity index (χ4n) is 2.29.